The van der Waals surface area contributed by atoms with Gasteiger partial charge in [-0.3, -0.25) is 4.79 Å². The van der Waals surface area contributed by atoms with E-state index in [0.29, 0.717) is 13.0 Å². The Bertz CT molecular complexity index is 413. The molecule has 1 aromatic carbocycles. The number of benzene rings is 1. The van der Waals surface area contributed by atoms with Crippen molar-refractivity contribution in [3.8, 4) is 5.75 Å². The molecule has 0 aliphatic heterocycles. The second-order valence-corrected chi connectivity index (χ2v) is 4.53. The van der Waals surface area contributed by atoms with Crippen LogP contribution in [-0.4, -0.2) is 19.6 Å². The monoisotopic (exact) mass is 249 g/mol. The zero-order chi connectivity index (χ0) is 13.5. The van der Waals surface area contributed by atoms with Crippen molar-refractivity contribution in [3.63, 3.8) is 0 Å². The van der Waals surface area contributed by atoms with Crippen molar-refractivity contribution < 1.29 is 9.53 Å². The van der Waals surface area contributed by atoms with Crippen molar-refractivity contribution >= 4 is 5.91 Å². The quantitative estimate of drug-likeness (QED) is 0.842. The third kappa shape index (κ3) is 3.76. The summed E-state index contributed by atoms with van der Waals surface area (Å²) in [6, 6.07) is 4.07. The average Bonchev–Trinajstić information content (AvgIpc) is 2.35. The van der Waals surface area contributed by atoms with Gasteiger partial charge in [-0.1, -0.05) is 13.0 Å². The molecule has 3 heteroatoms. The van der Waals surface area contributed by atoms with Crippen LogP contribution in [0.2, 0.25) is 0 Å². The van der Waals surface area contributed by atoms with Crippen LogP contribution >= 0.6 is 0 Å². The first-order valence-electron chi connectivity index (χ1n) is 6.49. The molecule has 0 aromatic heterocycles. The molecule has 0 heterocycles. The molecule has 0 atom stereocenters. The Morgan fingerprint density at radius 2 is 2.00 bits per heavy atom. The van der Waals surface area contributed by atoms with E-state index in [1.54, 1.807) is 7.11 Å². The van der Waals surface area contributed by atoms with E-state index in [2.05, 4.69) is 25.2 Å². The van der Waals surface area contributed by atoms with E-state index in [0.717, 1.165) is 18.6 Å². The minimum atomic E-state index is 0.139. The lowest BCUT2D eigenvalue weighted by Gasteiger charge is -2.13. The Kier molecular flexibility index (Phi) is 5.69. The maximum absolute atomic E-state index is 11.4. The van der Waals surface area contributed by atoms with Crippen LogP contribution in [0.25, 0.3) is 0 Å². The van der Waals surface area contributed by atoms with Gasteiger partial charge in [-0.05, 0) is 49.4 Å². The third-order valence-electron chi connectivity index (χ3n) is 3.26. The molecule has 0 saturated carbocycles. The molecule has 0 aliphatic carbocycles. The van der Waals surface area contributed by atoms with E-state index < -0.39 is 0 Å². The van der Waals surface area contributed by atoms with E-state index in [1.165, 1.54) is 16.7 Å². The number of hydrogen-bond donors (Lipinski definition) is 1. The number of methoxy groups -OCH3 is 1. The number of ether oxygens (including phenoxy) is 1. The smallest absolute Gasteiger partial charge is 0.219 e. The minimum absolute atomic E-state index is 0.139. The molecule has 1 rings (SSSR count). The van der Waals surface area contributed by atoms with Crippen molar-refractivity contribution in [3.05, 3.63) is 28.8 Å². The predicted octanol–water partition coefficient (Wildman–Crippen LogP) is 2.77. The molecule has 0 aliphatic rings. The van der Waals surface area contributed by atoms with Crippen molar-refractivity contribution in [2.24, 2.45) is 0 Å². The first-order valence-corrected chi connectivity index (χ1v) is 6.49. The van der Waals surface area contributed by atoms with Crippen LogP contribution in [0.5, 0.6) is 5.75 Å². The van der Waals surface area contributed by atoms with Gasteiger partial charge in [0.05, 0.1) is 7.11 Å². The van der Waals surface area contributed by atoms with E-state index in [9.17, 15) is 4.79 Å². The first-order chi connectivity index (χ1) is 8.60. The van der Waals surface area contributed by atoms with E-state index in [-0.39, 0.29) is 5.91 Å². The summed E-state index contributed by atoms with van der Waals surface area (Å²) in [6.45, 7) is 6.87. The third-order valence-corrected chi connectivity index (χ3v) is 3.26. The fourth-order valence-electron chi connectivity index (χ4n) is 2.00. The summed E-state index contributed by atoms with van der Waals surface area (Å²) in [5.74, 6) is 1.06. The number of rotatable bonds is 6. The van der Waals surface area contributed by atoms with Crippen LogP contribution in [0.4, 0.5) is 0 Å². The number of carbonyl (C=O) groups is 1. The van der Waals surface area contributed by atoms with Crippen LogP contribution < -0.4 is 10.1 Å². The molecule has 0 spiro atoms. The molecule has 0 fully saturated rings. The number of nitrogens with one attached hydrogen (secondary N) is 1. The largest absolute Gasteiger partial charge is 0.496 e. The van der Waals surface area contributed by atoms with Gasteiger partial charge >= 0.3 is 0 Å². The highest BCUT2D eigenvalue weighted by molar-refractivity contribution is 5.75. The second kappa shape index (κ2) is 7.04. The summed E-state index contributed by atoms with van der Waals surface area (Å²) in [6.07, 6.45) is 2.37. The molecule has 0 unspecified atom stereocenters. The lowest BCUT2D eigenvalue weighted by molar-refractivity contribution is -0.121. The highest BCUT2D eigenvalue weighted by Crippen LogP contribution is 2.23. The van der Waals surface area contributed by atoms with Gasteiger partial charge in [-0.25, -0.2) is 0 Å². The minimum Gasteiger partial charge on any atom is -0.496 e. The fraction of sp³-hybridized carbons (Fsp3) is 0.533. The molecule has 0 bridgehead atoms. The fourth-order valence-corrected chi connectivity index (χ4v) is 2.00. The summed E-state index contributed by atoms with van der Waals surface area (Å²) >= 11 is 0. The lowest BCUT2D eigenvalue weighted by atomic mass is 10.00. The Morgan fingerprint density at radius 1 is 1.28 bits per heavy atom. The molecule has 1 N–H and O–H groups in total. The maximum atomic E-state index is 11.4. The summed E-state index contributed by atoms with van der Waals surface area (Å²) in [5.41, 5.74) is 3.69. The van der Waals surface area contributed by atoms with Crippen LogP contribution in [0.15, 0.2) is 12.1 Å². The predicted molar refractivity (Wildman–Crippen MR) is 74.1 cm³/mol. The molecule has 0 saturated heterocycles. The molecule has 100 valence electrons. The highest BCUT2D eigenvalue weighted by Gasteiger charge is 2.06. The Labute approximate surface area is 110 Å². The normalized spacial score (nSPS) is 10.2. The molecule has 1 amide bonds. The van der Waals surface area contributed by atoms with Gasteiger partial charge in [0.25, 0.3) is 0 Å². The van der Waals surface area contributed by atoms with Gasteiger partial charge in [-0.15, -0.1) is 0 Å². The van der Waals surface area contributed by atoms with Crippen molar-refractivity contribution in [2.75, 3.05) is 13.7 Å². The standard InChI is InChI=1S/C15H23NO2/c1-5-6-15(17)16-10-9-13-7-8-14(18-4)12(3)11(13)2/h7-8H,5-6,9-10H2,1-4H3,(H,16,17). The van der Waals surface area contributed by atoms with Gasteiger partial charge < -0.3 is 10.1 Å². The second-order valence-electron chi connectivity index (χ2n) is 4.53. The van der Waals surface area contributed by atoms with Crippen LogP contribution in [0.3, 0.4) is 0 Å². The number of hydrogen-bond acceptors (Lipinski definition) is 2. The zero-order valence-electron chi connectivity index (χ0n) is 11.8. The molecular weight excluding hydrogens is 226 g/mol. The average molecular weight is 249 g/mol. The molecule has 3 nitrogen and oxygen atoms in total. The number of amides is 1. The van der Waals surface area contributed by atoms with Gasteiger partial charge in [0.1, 0.15) is 5.75 Å². The Hall–Kier alpha value is -1.51. The summed E-state index contributed by atoms with van der Waals surface area (Å²) < 4.78 is 5.29. The molecule has 0 radical (unpaired) electrons. The lowest BCUT2D eigenvalue weighted by Crippen LogP contribution is -2.25. The van der Waals surface area contributed by atoms with E-state index >= 15 is 0 Å². The summed E-state index contributed by atoms with van der Waals surface area (Å²) in [4.78, 5) is 11.4. The van der Waals surface area contributed by atoms with Gasteiger partial charge in [0.15, 0.2) is 0 Å². The van der Waals surface area contributed by atoms with Crippen LogP contribution in [-0.2, 0) is 11.2 Å². The van der Waals surface area contributed by atoms with E-state index in [1.807, 2.05) is 13.0 Å². The van der Waals surface area contributed by atoms with Crippen LogP contribution in [0, 0.1) is 13.8 Å². The van der Waals surface area contributed by atoms with Crippen molar-refractivity contribution in [1.29, 1.82) is 0 Å². The van der Waals surface area contributed by atoms with Gasteiger partial charge in [0.2, 0.25) is 5.91 Å². The van der Waals surface area contributed by atoms with Crippen molar-refractivity contribution in [1.82, 2.24) is 5.32 Å². The number of carbonyl (C=O) groups excluding carboxylic acids is 1. The Morgan fingerprint density at radius 3 is 2.61 bits per heavy atom. The Balaban J connectivity index is 2.58. The van der Waals surface area contributed by atoms with E-state index in [4.69, 9.17) is 4.74 Å². The van der Waals surface area contributed by atoms with Crippen LogP contribution in [0.1, 0.15) is 36.5 Å². The van der Waals surface area contributed by atoms with Gasteiger partial charge in [0, 0.05) is 13.0 Å². The van der Waals surface area contributed by atoms with Crippen molar-refractivity contribution in [2.45, 2.75) is 40.0 Å². The molecule has 18 heavy (non-hydrogen) atoms. The summed E-state index contributed by atoms with van der Waals surface area (Å²) in [5, 5.41) is 2.94. The highest BCUT2D eigenvalue weighted by atomic mass is 16.5. The topological polar surface area (TPSA) is 38.3 Å². The van der Waals surface area contributed by atoms with Gasteiger partial charge in [-0.2, -0.15) is 0 Å². The zero-order valence-corrected chi connectivity index (χ0v) is 11.8. The molecule has 1 aromatic rings. The summed E-state index contributed by atoms with van der Waals surface area (Å²) in [7, 11) is 1.69. The first kappa shape index (κ1) is 14.6. The maximum Gasteiger partial charge on any atom is 0.219 e. The SMILES string of the molecule is CCCC(=O)NCCc1ccc(OC)c(C)c1C. The molecular formula is C15H23NO2.